The first kappa shape index (κ1) is 18.0. The Labute approximate surface area is 155 Å². The van der Waals surface area contributed by atoms with Crippen molar-refractivity contribution < 1.29 is 4.42 Å². The van der Waals surface area contributed by atoms with E-state index in [-0.39, 0.29) is 0 Å². The first-order valence-corrected chi connectivity index (χ1v) is 9.49. The average molecular weight is 358 g/mol. The third-order valence-electron chi connectivity index (χ3n) is 4.70. The van der Waals surface area contributed by atoms with Gasteiger partial charge in [0, 0.05) is 12.2 Å². The van der Waals surface area contributed by atoms with Crippen LogP contribution in [-0.2, 0) is 6.54 Å². The van der Waals surface area contributed by atoms with Crippen LogP contribution in [-0.4, -0.2) is 41.1 Å². The molecule has 2 heterocycles. The predicted molar refractivity (Wildman–Crippen MR) is 107 cm³/mol. The minimum Gasteiger partial charge on any atom is -0.467 e. The fraction of sp³-hybridized carbons (Fsp3) is 0.450. The molecule has 0 radical (unpaired) electrons. The molecule has 0 saturated carbocycles. The van der Waals surface area contributed by atoms with Crippen molar-refractivity contribution in [1.82, 2.24) is 9.80 Å². The normalized spacial score (nSPS) is 14.6. The van der Waals surface area contributed by atoms with E-state index in [4.69, 9.17) is 16.6 Å². The van der Waals surface area contributed by atoms with Gasteiger partial charge in [0.1, 0.15) is 5.76 Å². The fourth-order valence-corrected chi connectivity index (χ4v) is 3.51. The van der Waals surface area contributed by atoms with Crippen molar-refractivity contribution in [2.45, 2.75) is 32.7 Å². The van der Waals surface area contributed by atoms with E-state index in [1.807, 2.05) is 24.3 Å². The number of anilines is 1. The van der Waals surface area contributed by atoms with Crippen LogP contribution in [0.25, 0.3) is 0 Å². The van der Waals surface area contributed by atoms with Crippen molar-refractivity contribution in [2.75, 3.05) is 31.5 Å². The van der Waals surface area contributed by atoms with Crippen LogP contribution in [0.1, 0.15) is 30.6 Å². The van der Waals surface area contributed by atoms with Crippen LogP contribution < -0.4 is 5.32 Å². The maximum absolute atomic E-state index is 5.70. The number of furan rings is 1. The highest BCUT2D eigenvalue weighted by atomic mass is 32.1. The van der Waals surface area contributed by atoms with E-state index in [9.17, 15) is 0 Å². The summed E-state index contributed by atoms with van der Waals surface area (Å²) in [6.45, 7) is 7.34. The largest absolute Gasteiger partial charge is 0.467 e. The molecule has 0 atom stereocenters. The summed E-state index contributed by atoms with van der Waals surface area (Å²) in [6, 6.07) is 12.2. The van der Waals surface area contributed by atoms with Crippen LogP contribution in [0.4, 0.5) is 5.69 Å². The van der Waals surface area contributed by atoms with Gasteiger partial charge < -0.3 is 19.5 Å². The number of likely N-dealkylation sites (tertiary alicyclic amines) is 1. The van der Waals surface area contributed by atoms with Gasteiger partial charge in [-0.2, -0.15) is 0 Å². The van der Waals surface area contributed by atoms with Gasteiger partial charge in [-0.3, -0.25) is 0 Å². The van der Waals surface area contributed by atoms with Gasteiger partial charge in [0.2, 0.25) is 0 Å². The number of rotatable bonds is 7. The maximum atomic E-state index is 5.70. The molecule has 1 aliphatic heterocycles. The molecule has 2 aromatic rings. The lowest BCUT2D eigenvalue weighted by atomic mass is 10.2. The molecule has 25 heavy (non-hydrogen) atoms. The van der Waals surface area contributed by atoms with Crippen LogP contribution in [0, 0.1) is 6.92 Å². The summed E-state index contributed by atoms with van der Waals surface area (Å²) in [5.74, 6) is 0.940. The molecule has 1 fully saturated rings. The van der Waals surface area contributed by atoms with Crippen molar-refractivity contribution in [3.05, 3.63) is 54.0 Å². The van der Waals surface area contributed by atoms with Crippen molar-refractivity contribution in [3.8, 4) is 0 Å². The summed E-state index contributed by atoms with van der Waals surface area (Å²) in [4.78, 5) is 4.75. The Bertz CT molecular complexity index is 665. The van der Waals surface area contributed by atoms with Crippen molar-refractivity contribution in [1.29, 1.82) is 0 Å². The Morgan fingerprint density at radius 1 is 1.20 bits per heavy atom. The summed E-state index contributed by atoms with van der Waals surface area (Å²) in [7, 11) is 0. The van der Waals surface area contributed by atoms with Gasteiger partial charge in [0.15, 0.2) is 5.11 Å². The Kier molecular flexibility index (Phi) is 6.48. The molecule has 4 nitrogen and oxygen atoms in total. The standard InChI is InChI=1S/C20H27N3OS/c1-17-8-2-3-10-19(17)21-20(25)23(16-18-9-6-15-24-18)14-7-13-22-11-4-5-12-22/h2-3,6,8-10,15H,4-5,7,11-14,16H2,1H3,(H,21,25). The van der Waals surface area contributed by atoms with E-state index >= 15 is 0 Å². The number of nitrogens with zero attached hydrogens (tertiary/aromatic N) is 2. The Hall–Kier alpha value is -1.85. The molecule has 0 aliphatic carbocycles. The molecule has 1 aromatic carbocycles. The lowest BCUT2D eigenvalue weighted by molar-refractivity contribution is 0.298. The molecular weight excluding hydrogens is 330 g/mol. The van der Waals surface area contributed by atoms with Gasteiger partial charge in [-0.15, -0.1) is 0 Å². The highest BCUT2D eigenvalue weighted by Crippen LogP contribution is 2.16. The fourth-order valence-electron chi connectivity index (χ4n) is 3.24. The summed E-state index contributed by atoms with van der Waals surface area (Å²) >= 11 is 5.70. The summed E-state index contributed by atoms with van der Waals surface area (Å²) in [5.41, 5.74) is 2.26. The number of thiocarbonyl (C=S) groups is 1. The number of hydrogen-bond donors (Lipinski definition) is 1. The first-order valence-electron chi connectivity index (χ1n) is 9.08. The van der Waals surface area contributed by atoms with Gasteiger partial charge in [0.25, 0.3) is 0 Å². The minimum atomic E-state index is 0.699. The number of para-hydroxylation sites is 1. The predicted octanol–water partition coefficient (Wildman–Crippen LogP) is 4.27. The molecular formula is C20H27N3OS. The SMILES string of the molecule is Cc1ccccc1NC(=S)N(CCCN1CCCC1)Cc1ccco1. The van der Waals surface area contributed by atoms with Crippen LogP contribution >= 0.6 is 12.2 Å². The number of hydrogen-bond acceptors (Lipinski definition) is 3. The van der Waals surface area contributed by atoms with Crippen molar-refractivity contribution >= 4 is 23.0 Å². The lowest BCUT2D eigenvalue weighted by Crippen LogP contribution is -2.36. The van der Waals surface area contributed by atoms with E-state index in [0.717, 1.165) is 36.1 Å². The zero-order chi connectivity index (χ0) is 17.5. The van der Waals surface area contributed by atoms with Crippen LogP contribution in [0.15, 0.2) is 47.1 Å². The Morgan fingerprint density at radius 3 is 2.72 bits per heavy atom. The maximum Gasteiger partial charge on any atom is 0.173 e. The molecule has 0 spiro atoms. The Morgan fingerprint density at radius 2 is 2.00 bits per heavy atom. The molecule has 1 aliphatic rings. The number of nitrogens with one attached hydrogen (secondary N) is 1. The van der Waals surface area contributed by atoms with Gasteiger partial charge in [-0.1, -0.05) is 18.2 Å². The second-order valence-electron chi connectivity index (χ2n) is 6.65. The molecule has 3 rings (SSSR count). The molecule has 0 bridgehead atoms. The third kappa shape index (κ3) is 5.31. The lowest BCUT2D eigenvalue weighted by Gasteiger charge is -2.26. The highest BCUT2D eigenvalue weighted by Gasteiger charge is 2.15. The zero-order valence-electron chi connectivity index (χ0n) is 14.9. The van der Waals surface area contributed by atoms with E-state index < -0.39 is 0 Å². The second kappa shape index (κ2) is 9.02. The molecule has 1 saturated heterocycles. The molecule has 1 N–H and O–H groups in total. The minimum absolute atomic E-state index is 0.699. The first-order chi connectivity index (χ1) is 12.2. The van der Waals surface area contributed by atoms with E-state index in [0.29, 0.717) is 6.54 Å². The average Bonchev–Trinajstić information content (AvgIpc) is 3.29. The molecule has 134 valence electrons. The molecule has 0 unspecified atom stereocenters. The smallest absolute Gasteiger partial charge is 0.173 e. The van der Waals surface area contributed by atoms with Crippen molar-refractivity contribution in [2.24, 2.45) is 0 Å². The summed E-state index contributed by atoms with van der Waals surface area (Å²) < 4.78 is 5.53. The summed E-state index contributed by atoms with van der Waals surface area (Å²) in [6.07, 6.45) is 5.50. The third-order valence-corrected chi connectivity index (χ3v) is 5.06. The monoisotopic (exact) mass is 357 g/mol. The number of aryl methyl sites for hydroxylation is 1. The van der Waals surface area contributed by atoms with E-state index in [2.05, 4.69) is 34.2 Å². The van der Waals surface area contributed by atoms with Crippen LogP contribution in [0.2, 0.25) is 0 Å². The highest BCUT2D eigenvalue weighted by molar-refractivity contribution is 7.80. The zero-order valence-corrected chi connectivity index (χ0v) is 15.7. The van der Waals surface area contributed by atoms with E-state index in [1.165, 1.54) is 31.5 Å². The topological polar surface area (TPSA) is 31.6 Å². The van der Waals surface area contributed by atoms with Crippen molar-refractivity contribution in [3.63, 3.8) is 0 Å². The molecule has 0 amide bonds. The van der Waals surface area contributed by atoms with Crippen LogP contribution in [0.3, 0.4) is 0 Å². The second-order valence-corrected chi connectivity index (χ2v) is 7.03. The quantitative estimate of drug-likeness (QED) is 0.748. The number of benzene rings is 1. The van der Waals surface area contributed by atoms with Gasteiger partial charge in [0.05, 0.1) is 12.8 Å². The van der Waals surface area contributed by atoms with Gasteiger partial charge in [-0.25, -0.2) is 0 Å². The molecule has 5 heteroatoms. The molecule has 1 aromatic heterocycles. The van der Waals surface area contributed by atoms with E-state index in [1.54, 1.807) is 6.26 Å². The van der Waals surface area contributed by atoms with Gasteiger partial charge >= 0.3 is 0 Å². The summed E-state index contributed by atoms with van der Waals surface area (Å²) in [5, 5.41) is 4.16. The Balaban J connectivity index is 1.60. The van der Waals surface area contributed by atoms with Crippen LogP contribution in [0.5, 0.6) is 0 Å². The van der Waals surface area contributed by atoms with Gasteiger partial charge in [-0.05, 0) is 81.8 Å².